The van der Waals surface area contributed by atoms with Gasteiger partial charge in [-0.05, 0) is 63.8 Å². The van der Waals surface area contributed by atoms with Crippen molar-refractivity contribution in [2.75, 3.05) is 0 Å². The van der Waals surface area contributed by atoms with Gasteiger partial charge < -0.3 is 9.47 Å². The van der Waals surface area contributed by atoms with Crippen molar-refractivity contribution in [2.24, 2.45) is 0 Å². The molecule has 0 fully saturated rings. The molecule has 0 spiro atoms. The van der Waals surface area contributed by atoms with Gasteiger partial charge in [0.25, 0.3) is 0 Å². The van der Waals surface area contributed by atoms with Crippen LogP contribution in [0, 0.1) is 0 Å². The Morgan fingerprint density at radius 2 is 1.00 bits per heavy atom. The van der Waals surface area contributed by atoms with Gasteiger partial charge in [-0.25, -0.2) is 0 Å². The Labute approximate surface area is 242 Å². The fraction of sp³-hybridized carbons (Fsp3) is 0.438. The summed E-state index contributed by atoms with van der Waals surface area (Å²) in [5.74, 6) is 0.171. The number of rotatable bonds is 4. The Morgan fingerprint density at radius 1 is 0.571 bits per heavy atom. The first-order valence-electron chi connectivity index (χ1n) is 13.1. The maximum atomic E-state index is 12.2. The highest BCUT2D eigenvalue weighted by molar-refractivity contribution is 5.33. The molecule has 2 nitrogen and oxygen atoms in total. The molecule has 0 bridgehead atoms. The summed E-state index contributed by atoms with van der Waals surface area (Å²) in [4.78, 5) is 0. The highest BCUT2D eigenvalue weighted by atomic mass is 19.4. The lowest BCUT2D eigenvalue weighted by atomic mass is 9.87. The van der Waals surface area contributed by atoms with Gasteiger partial charge in [-0.3, -0.25) is 0 Å². The molecule has 0 aliphatic rings. The lowest BCUT2D eigenvalue weighted by Gasteiger charge is -2.20. The lowest BCUT2D eigenvalue weighted by Crippen LogP contribution is -2.18. The third-order valence-corrected chi connectivity index (χ3v) is 5.74. The summed E-state index contributed by atoms with van der Waals surface area (Å²) in [5.41, 5.74) is 1.69. The van der Waals surface area contributed by atoms with E-state index in [1.54, 1.807) is 30.3 Å². The number of alkyl halides is 8. The Balaban J connectivity index is 0.000000316. The highest BCUT2D eigenvalue weighted by Gasteiger charge is 2.31. The minimum atomic E-state index is -4.63. The standard InChI is InChI=1S/C11H13F3O.C11H14F2O.C10H11F3/c1-10(2,3)8-5-4-6-9(7-8)15-11(12,13)14;1-11(2,3)8-5-4-6-9(7-8)14-10(12)13;1-7(2)8-4-3-5-9(6-8)10(11,12)13/h4-7H,1-3H3;4-7,10H,1-3H3;3-7H,1-2H3. The van der Waals surface area contributed by atoms with Crippen LogP contribution < -0.4 is 9.47 Å². The topological polar surface area (TPSA) is 18.5 Å². The largest absolute Gasteiger partial charge is 0.573 e. The third kappa shape index (κ3) is 14.0. The SMILES string of the molecule is CC(C)(C)c1cccc(OC(F)(F)F)c1.CC(C)(C)c1cccc(OC(F)F)c1.CC(C)c1cccc(C(F)(F)F)c1. The maximum Gasteiger partial charge on any atom is 0.573 e. The molecule has 3 rings (SSSR count). The predicted molar refractivity (Wildman–Crippen MR) is 149 cm³/mol. The van der Waals surface area contributed by atoms with E-state index in [-0.39, 0.29) is 28.2 Å². The first kappa shape index (κ1) is 36.7. The van der Waals surface area contributed by atoms with Gasteiger partial charge in [0.15, 0.2) is 0 Å². The molecule has 0 aromatic heterocycles. The maximum absolute atomic E-state index is 12.2. The summed E-state index contributed by atoms with van der Waals surface area (Å²) < 4.78 is 105. The van der Waals surface area contributed by atoms with E-state index in [1.807, 2.05) is 61.5 Å². The zero-order valence-electron chi connectivity index (χ0n) is 24.9. The van der Waals surface area contributed by atoms with Crippen LogP contribution in [-0.4, -0.2) is 13.0 Å². The molecular weight excluding hydrogens is 568 g/mol. The van der Waals surface area contributed by atoms with E-state index in [0.717, 1.165) is 22.8 Å². The van der Waals surface area contributed by atoms with E-state index >= 15 is 0 Å². The second kappa shape index (κ2) is 14.7. The van der Waals surface area contributed by atoms with Crippen LogP contribution in [0.1, 0.15) is 83.6 Å². The second-order valence-electron chi connectivity index (χ2n) is 11.8. The van der Waals surface area contributed by atoms with Crippen LogP contribution in [0.2, 0.25) is 0 Å². The summed E-state index contributed by atoms with van der Waals surface area (Å²) in [6, 6.07) is 18.3. The monoisotopic (exact) mass is 606 g/mol. The number of halogens is 8. The van der Waals surface area contributed by atoms with Gasteiger partial charge >= 0.3 is 19.2 Å². The molecule has 0 aliphatic carbocycles. The Morgan fingerprint density at radius 3 is 1.40 bits per heavy atom. The molecule has 0 radical (unpaired) electrons. The summed E-state index contributed by atoms with van der Waals surface area (Å²) in [7, 11) is 0. The van der Waals surface area contributed by atoms with Gasteiger partial charge in [0.05, 0.1) is 5.56 Å². The van der Waals surface area contributed by atoms with Crippen LogP contribution in [-0.2, 0) is 17.0 Å². The average Bonchev–Trinajstić information content (AvgIpc) is 2.82. The summed E-state index contributed by atoms with van der Waals surface area (Å²) in [5, 5.41) is 0. The van der Waals surface area contributed by atoms with E-state index in [0.29, 0.717) is 0 Å². The number of hydrogen-bond donors (Lipinski definition) is 0. The average molecular weight is 607 g/mol. The zero-order valence-corrected chi connectivity index (χ0v) is 24.9. The van der Waals surface area contributed by atoms with Crippen molar-refractivity contribution in [1.29, 1.82) is 0 Å². The van der Waals surface area contributed by atoms with E-state index in [9.17, 15) is 35.1 Å². The smallest absolute Gasteiger partial charge is 0.435 e. The lowest BCUT2D eigenvalue weighted by molar-refractivity contribution is -0.274. The molecule has 0 saturated heterocycles. The van der Waals surface area contributed by atoms with Crippen LogP contribution in [0.25, 0.3) is 0 Å². The summed E-state index contributed by atoms with van der Waals surface area (Å²) >= 11 is 0. The molecule has 0 heterocycles. The molecular formula is C32H38F8O2. The molecule has 0 saturated carbocycles. The van der Waals surface area contributed by atoms with Crippen LogP contribution in [0.15, 0.2) is 72.8 Å². The number of hydrogen-bond acceptors (Lipinski definition) is 2. The summed E-state index contributed by atoms with van der Waals surface area (Å²) in [6.45, 7) is 12.8. The van der Waals surface area contributed by atoms with Crippen molar-refractivity contribution in [3.8, 4) is 11.5 Å². The molecule has 10 heteroatoms. The van der Waals surface area contributed by atoms with Crippen molar-refractivity contribution < 1.29 is 44.6 Å². The minimum Gasteiger partial charge on any atom is -0.435 e. The van der Waals surface area contributed by atoms with Gasteiger partial charge in [0.2, 0.25) is 0 Å². The molecule has 234 valence electrons. The van der Waals surface area contributed by atoms with E-state index < -0.39 is 24.7 Å². The Hall–Kier alpha value is -3.30. The van der Waals surface area contributed by atoms with Crippen LogP contribution in [0.3, 0.4) is 0 Å². The van der Waals surface area contributed by atoms with Gasteiger partial charge in [-0.1, -0.05) is 97.9 Å². The van der Waals surface area contributed by atoms with Gasteiger partial charge in [0.1, 0.15) is 11.5 Å². The molecule has 0 amide bonds. The van der Waals surface area contributed by atoms with Gasteiger partial charge in [-0.2, -0.15) is 22.0 Å². The minimum absolute atomic E-state index is 0.0541. The fourth-order valence-corrected chi connectivity index (χ4v) is 3.37. The van der Waals surface area contributed by atoms with Crippen molar-refractivity contribution in [2.45, 2.75) is 91.3 Å². The van der Waals surface area contributed by atoms with Gasteiger partial charge in [0, 0.05) is 0 Å². The Bertz CT molecular complexity index is 1230. The summed E-state index contributed by atoms with van der Waals surface area (Å²) in [6.07, 6.45) is -8.86. The molecule has 0 atom stereocenters. The van der Waals surface area contributed by atoms with E-state index in [1.165, 1.54) is 30.3 Å². The number of ether oxygens (including phenoxy) is 2. The van der Waals surface area contributed by atoms with E-state index in [4.69, 9.17) is 0 Å². The van der Waals surface area contributed by atoms with Crippen molar-refractivity contribution >= 4 is 0 Å². The predicted octanol–water partition coefficient (Wildman–Crippen LogP) is 11.3. The molecule has 3 aromatic rings. The molecule has 0 aliphatic heterocycles. The van der Waals surface area contributed by atoms with Crippen LogP contribution in [0.4, 0.5) is 35.1 Å². The highest BCUT2D eigenvalue weighted by Crippen LogP contribution is 2.31. The first-order valence-corrected chi connectivity index (χ1v) is 13.1. The van der Waals surface area contributed by atoms with Crippen LogP contribution in [0.5, 0.6) is 11.5 Å². The first-order chi connectivity index (χ1) is 19.0. The molecule has 0 unspecified atom stereocenters. The quantitative estimate of drug-likeness (QED) is 0.275. The second-order valence-corrected chi connectivity index (χ2v) is 11.8. The van der Waals surface area contributed by atoms with Crippen LogP contribution >= 0.6 is 0 Å². The van der Waals surface area contributed by atoms with Gasteiger partial charge in [-0.15, -0.1) is 13.2 Å². The molecule has 0 N–H and O–H groups in total. The number of benzene rings is 3. The molecule has 3 aromatic carbocycles. The van der Waals surface area contributed by atoms with E-state index in [2.05, 4.69) is 9.47 Å². The van der Waals surface area contributed by atoms with Crippen molar-refractivity contribution in [3.63, 3.8) is 0 Å². The fourth-order valence-electron chi connectivity index (χ4n) is 3.37. The zero-order chi connectivity index (χ0) is 32.5. The molecule has 42 heavy (non-hydrogen) atoms. The Kier molecular flexibility index (Phi) is 12.9. The van der Waals surface area contributed by atoms with Crippen molar-refractivity contribution in [3.05, 3.63) is 95.1 Å². The third-order valence-electron chi connectivity index (χ3n) is 5.74. The normalized spacial score (nSPS) is 12.2. The van der Waals surface area contributed by atoms with Crippen molar-refractivity contribution in [1.82, 2.24) is 0 Å².